The van der Waals surface area contributed by atoms with Gasteiger partial charge in [-0.1, -0.05) is 38.1 Å². The Hall–Kier alpha value is -2.18. The van der Waals surface area contributed by atoms with Gasteiger partial charge >= 0.3 is 0 Å². The van der Waals surface area contributed by atoms with Gasteiger partial charge < -0.3 is 16.4 Å². The standard InChI is InChI=1S/C20H29N5O/c1-13(2)14-4-6-15(7-5-14)19(21)11-23-20(26)18-10-22-9-17(18)16-8-24-25(3)12-16/h4-8,12-13,17-19,22H,9-11,21H2,1-3H3,(H,23,26)/t17-,18+,19?/m1/s1. The number of hydrogen-bond donors (Lipinski definition) is 3. The fourth-order valence-corrected chi connectivity index (χ4v) is 3.52. The van der Waals surface area contributed by atoms with Crippen LogP contribution < -0.4 is 16.4 Å². The third-order valence-electron chi connectivity index (χ3n) is 5.23. The second-order valence-electron chi connectivity index (χ2n) is 7.49. The minimum Gasteiger partial charge on any atom is -0.354 e. The zero-order chi connectivity index (χ0) is 18.7. The van der Waals surface area contributed by atoms with E-state index in [1.54, 1.807) is 4.68 Å². The first-order chi connectivity index (χ1) is 12.5. The number of hydrogen-bond acceptors (Lipinski definition) is 4. The highest BCUT2D eigenvalue weighted by molar-refractivity contribution is 5.80. The highest BCUT2D eigenvalue weighted by atomic mass is 16.1. The molecule has 0 radical (unpaired) electrons. The number of benzene rings is 1. The molecule has 6 heteroatoms. The molecular formula is C20H29N5O. The van der Waals surface area contributed by atoms with Crippen LogP contribution in [0.5, 0.6) is 0 Å². The SMILES string of the molecule is CC(C)c1ccc(C(N)CNC(=O)[C@H]2CNC[C@@H]2c2cnn(C)c2)cc1. The normalized spacial score (nSPS) is 21.1. The summed E-state index contributed by atoms with van der Waals surface area (Å²) in [5, 5.41) is 10.6. The quantitative estimate of drug-likeness (QED) is 0.736. The molecule has 1 unspecified atom stereocenters. The van der Waals surface area contributed by atoms with Crippen molar-refractivity contribution in [2.45, 2.75) is 31.7 Å². The zero-order valence-corrected chi connectivity index (χ0v) is 15.8. The highest BCUT2D eigenvalue weighted by Crippen LogP contribution is 2.28. The van der Waals surface area contributed by atoms with Gasteiger partial charge in [-0.25, -0.2) is 0 Å². The van der Waals surface area contributed by atoms with Crippen LogP contribution in [-0.4, -0.2) is 35.3 Å². The third kappa shape index (κ3) is 4.14. The van der Waals surface area contributed by atoms with Crippen molar-refractivity contribution < 1.29 is 4.79 Å². The van der Waals surface area contributed by atoms with Crippen molar-refractivity contribution in [1.82, 2.24) is 20.4 Å². The Labute approximate surface area is 155 Å². The van der Waals surface area contributed by atoms with Gasteiger partial charge in [0.25, 0.3) is 0 Å². The van der Waals surface area contributed by atoms with Crippen LogP contribution in [0.3, 0.4) is 0 Å². The Morgan fingerprint density at radius 3 is 2.62 bits per heavy atom. The molecule has 4 N–H and O–H groups in total. The molecule has 0 aliphatic carbocycles. The molecule has 0 spiro atoms. The number of aromatic nitrogens is 2. The Morgan fingerprint density at radius 2 is 2.00 bits per heavy atom. The predicted octanol–water partition coefficient (Wildman–Crippen LogP) is 1.66. The molecule has 2 aromatic rings. The molecule has 1 amide bonds. The van der Waals surface area contributed by atoms with Crippen molar-refractivity contribution in [2.24, 2.45) is 18.7 Å². The van der Waals surface area contributed by atoms with E-state index in [0.717, 1.165) is 17.7 Å². The van der Waals surface area contributed by atoms with Crippen molar-refractivity contribution in [3.8, 4) is 0 Å². The number of carbonyl (C=O) groups is 1. The fourth-order valence-electron chi connectivity index (χ4n) is 3.52. The summed E-state index contributed by atoms with van der Waals surface area (Å²) in [5.74, 6) is 0.623. The Bertz CT molecular complexity index is 737. The molecule has 140 valence electrons. The predicted molar refractivity (Wildman–Crippen MR) is 103 cm³/mol. The van der Waals surface area contributed by atoms with Crippen molar-refractivity contribution >= 4 is 5.91 Å². The summed E-state index contributed by atoms with van der Waals surface area (Å²) in [7, 11) is 1.89. The molecule has 6 nitrogen and oxygen atoms in total. The van der Waals surface area contributed by atoms with Gasteiger partial charge in [0.05, 0.1) is 12.1 Å². The number of amides is 1. The monoisotopic (exact) mass is 355 g/mol. The van der Waals surface area contributed by atoms with E-state index < -0.39 is 0 Å². The summed E-state index contributed by atoms with van der Waals surface area (Å²) in [6, 6.07) is 8.14. The van der Waals surface area contributed by atoms with Crippen LogP contribution in [-0.2, 0) is 11.8 Å². The Kier molecular flexibility index (Phi) is 5.74. The molecule has 1 saturated heterocycles. The molecule has 1 aromatic heterocycles. The van der Waals surface area contributed by atoms with Gasteiger partial charge in [0, 0.05) is 44.8 Å². The summed E-state index contributed by atoms with van der Waals surface area (Å²) >= 11 is 0. The molecule has 1 fully saturated rings. The molecular weight excluding hydrogens is 326 g/mol. The molecule has 1 aliphatic rings. The summed E-state index contributed by atoms with van der Waals surface area (Å²) in [4.78, 5) is 12.7. The van der Waals surface area contributed by atoms with Gasteiger partial charge in [0.1, 0.15) is 0 Å². The largest absolute Gasteiger partial charge is 0.354 e. The summed E-state index contributed by atoms with van der Waals surface area (Å²) in [6.07, 6.45) is 3.83. The van der Waals surface area contributed by atoms with E-state index in [0.29, 0.717) is 19.0 Å². The van der Waals surface area contributed by atoms with Crippen LogP contribution in [0.4, 0.5) is 0 Å². The van der Waals surface area contributed by atoms with Gasteiger partial charge in [0.2, 0.25) is 5.91 Å². The summed E-state index contributed by atoms with van der Waals surface area (Å²) in [5.41, 5.74) is 9.71. The molecule has 3 rings (SSSR count). The Morgan fingerprint density at radius 1 is 1.31 bits per heavy atom. The summed E-state index contributed by atoms with van der Waals surface area (Å²) < 4.78 is 1.78. The first-order valence-electron chi connectivity index (χ1n) is 9.28. The van der Waals surface area contributed by atoms with Crippen molar-refractivity contribution in [2.75, 3.05) is 19.6 Å². The van der Waals surface area contributed by atoms with E-state index in [1.807, 2.05) is 19.4 Å². The van der Waals surface area contributed by atoms with E-state index in [-0.39, 0.29) is 23.8 Å². The first kappa shape index (κ1) is 18.6. The molecule has 0 bridgehead atoms. The van der Waals surface area contributed by atoms with Gasteiger partial charge in [-0.05, 0) is 22.6 Å². The van der Waals surface area contributed by atoms with E-state index in [4.69, 9.17) is 5.73 Å². The van der Waals surface area contributed by atoms with E-state index in [2.05, 4.69) is 53.8 Å². The van der Waals surface area contributed by atoms with Crippen molar-refractivity contribution in [1.29, 1.82) is 0 Å². The van der Waals surface area contributed by atoms with Crippen LogP contribution in [0.25, 0.3) is 0 Å². The van der Waals surface area contributed by atoms with Crippen molar-refractivity contribution in [3.63, 3.8) is 0 Å². The van der Waals surface area contributed by atoms with E-state index in [9.17, 15) is 4.79 Å². The minimum atomic E-state index is -0.202. The van der Waals surface area contributed by atoms with Gasteiger partial charge in [-0.3, -0.25) is 9.48 Å². The van der Waals surface area contributed by atoms with Gasteiger partial charge in [-0.15, -0.1) is 0 Å². The smallest absolute Gasteiger partial charge is 0.225 e. The maximum atomic E-state index is 12.7. The highest BCUT2D eigenvalue weighted by Gasteiger charge is 2.34. The van der Waals surface area contributed by atoms with E-state index >= 15 is 0 Å². The average Bonchev–Trinajstić information content (AvgIpc) is 3.28. The number of nitrogens with zero attached hydrogens (tertiary/aromatic N) is 2. The number of aryl methyl sites for hydroxylation is 1. The first-order valence-corrected chi connectivity index (χ1v) is 9.28. The second-order valence-corrected chi connectivity index (χ2v) is 7.49. The van der Waals surface area contributed by atoms with Crippen LogP contribution in [0.2, 0.25) is 0 Å². The molecule has 1 aliphatic heterocycles. The number of rotatable bonds is 6. The molecule has 3 atom stereocenters. The summed E-state index contributed by atoms with van der Waals surface area (Å²) in [6.45, 7) is 6.26. The fraction of sp³-hybridized carbons (Fsp3) is 0.500. The van der Waals surface area contributed by atoms with E-state index in [1.165, 1.54) is 5.56 Å². The number of carbonyl (C=O) groups excluding carboxylic acids is 1. The lowest BCUT2D eigenvalue weighted by Crippen LogP contribution is -2.38. The van der Waals surface area contributed by atoms with Crippen LogP contribution in [0.1, 0.15) is 48.4 Å². The average molecular weight is 355 g/mol. The topological polar surface area (TPSA) is 85.0 Å². The molecule has 26 heavy (non-hydrogen) atoms. The van der Waals surface area contributed by atoms with Crippen LogP contribution >= 0.6 is 0 Å². The molecule has 0 saturated carbocycles. The zero-order valence-electron chi connectivity index (χ0n) is 15.8. The molecule has 1 aromatic carbocycles. The number of nitrogens with one attached hydrogen (secondary N) is 2. The molecule has 2 heterocycles. The van der Waals surface area contributed by atoms with Crippen LogP contribution in [0.15, 0.2) is 36.7 Å². The third-order valence-corrected chi connectivity index (χ3v) is 5.23. The number of nitrogens with two attached hydrogens (primary N) is 1. The maximum Gasteiger partial charge on any atom is 0.225 e. The lowest BCUT2D eigenvalue weighted by molar-refractivity contribution is -0.124. The van der Waals surface area contributed by atoms with Crippen LogP contribution in [0, 0.1) is 5.92 Å². The lowest BCUT2D eigenvalue weighted by atomic mass is 9.90. The Balaban J connectivity index is 1.57. The second kappa shape index (κ2) is 8.01. The van der Waals surface area contributed by atoms with Gasteiger partial charge in [-0.2, -0.15) is 5.10 Å². The van der Waals surface area contributed by atoms with Gasteiger partial charge in [0.15, 0.2) is 0 Å². The minimum absolute atomic E-state index is 0.0538. The van der Waals surface area contributed by atoms with Crippen molar-refractivity contribution in [3.05, 3.63) is 53.3 Å². The maximum absolute atomic E-state index is 12.7. The lowest BCUT2D eigenvalue weighted by Gasteiger charge is -2.19.